The minimum Gasteiger partial charge on any atom is -0.352 e. The van der Waals surface area contributed by atoms with E-state index in [2.05, 4.69) is 10.3 Å². The van der Waals surface area contributed by atoms with Gasteiger partial charge in [-0.25, -0.2) is 4.98 Å². The van der Waals surface area contributed by atoms with Crippen LogP contribution < -0.4 is 5.32 Å². The molecule has 0 spiro atoms. The number of alkyl halides is 3. The number of carbonyl (C=O) groups is 1. The molecule has 0 aromatic carbocycles. The predicted molar refractivity (Wildman–Crippen MR) is 71.6 cm³/mol. The van der Waals surface area contributed by atoms with Gasteiger partial charge in [0, 0.05) is 6.04 Å². The van der Waals surface area contributed by atoms with Crippen LogP contribution in [0, 0.1) is 11.3 Å². The molecular formula is C14H17F3N4O. The number of amides is 1. The van der Waals surface area contributed by atoms with Gasteiger partial charge in [0.25, 0.3) is 0 Å². The van der Waals surface area contributed by atoms with Gasteiger partial charge in [0.15, 0.2) is 11.4 Å². The van der Waals surface area contributed by atoms with Crippen LogP contribution in [0.25, 0.3) is 0 Å². The van der Waals surface area contributed by atoms with Gasteiger partial charge in [0.05, 0.1) is 6.33 Å². The highest BCUT2D eigenvalue weighted by atomic mass is 19.4. The van der Waals surface area contributed by atoms with Gasteiger partial charge >= 0.3 is 6.18 Å². The molecule has 1 heterocycles. The summed E-state index contributed by atoms with van der Waals surface area (Å²) in [6.45, 7) is -0.331. The van der Waals surface area contributed by atoms with E-state index in [0.29, 0.717) is 0 Å². The molecule has 5 nitrogen and oxygen atoms in total. The zero-order chi connectivity index (χ0) is 16.2. The van der Waals surface area contributed by atoms with Crippen molar-refractivity contribution < 1.29 is 18.0 Å². The smallest absolute Gasteiger partial charge is 0.352 e. The second-order valence-electron chi connectivity index (χ2n) is 5.44. The zero-order valence-corrected chi connectivity index (χ0v) is 12.0. The Kier molecular flexibility index (Phi) is 5.06. The van der Waals surface area contributed by atoms with E-state index >= 15 is 0 Å². The number of rotatable bonds is 3. The number of nitriles is 1. The molecule has 1 saturated carbocycles. The van der Waals surface area contributed by atoms with Crippen LogP contribution in [-0.2, 0) is 17.5 Å². The molecule has 1 fully saturated rings. The topological polar surface area (TPSA) is 70.7 Å². The normalized spacial score (nSPS) is 16.8. The van der Waals surface area contributed by atoms with Crippen molar-refractivity contribution in [2.24, 2.45) is 0 Å². The molecule has 1 amide bonds. The summed E-state index contributed by atoms with van der Waals surface area (Å²) in [5, 5.41) is 11.7. The third kappa shape index (κ3) is 4.00. The molecule has 0 aliphatic heterocycles. The van der Waals surface area contributed by atoms with Crippen molar-refractivity contribution in [2.45, 2.75) is 57.3 Å². The lowest BCUT2D eigenvalue weighted by Crippen LogP contribution is -2.36. The molecule has 1 aromatic rings. The second-order valence-corrected chi connectivity index (χ2v) is 5.44. The highest BCUT2D eigenvalue weighted by Crippen LogP contribution is 2.30. The number of nitrogens with zero attached hydrogens (tertiary/aromatic N) is 3. The van der Waals surface area contributed by atoms with Crippen LogP contribution in [0.2, 0.25) is 0 Å². The zero-order valence-electron chi connectivity index (χ0n) is 12.0. The lowest BCUT2D eigenvalue weighted by atomic mass is 10.1. The number of halogens is 3. The van der Waals surface area contributed by atoms with E-state index in [1.165, 1.54) is 6.07 Å². The first-order chi connectivity index (χ1) is 10.4. The molecule has 1 aliphatic carbocycles. The lowest BCUT2D eigenvalue weighted by Gasteiger charge is -2.16. The first-order valence-corrected chi connectivity index (χ1v) is 7.23. The number of imidazole rings is 1. The van der Waals surface area contributed by atoms with E-state index in [-0.39, 0.29) is 12.6 Å². The van der Waals surface area contributed by atoms with Crippen LogP contribution >= 0.6 is 0 Å². The average Bonchev–Trinajstić information content (AvgIpc) is 2.67. The van der Waals surface area contributed by atoms with Crippen LogP contribution in [0.15, 0.2) is 6.33 Å². The lowest BCUT2D eigenvalue weighted by molar-refractivity contribution is -0.141. The average molecular weight is 314 g/mol. The molecule has 1 aromatic heterocycles. The summed E-state index contributed by atoms with van der Waals surface area (Å²) in [5.41, 5.74) is -1.89. The largest absolute Gasteiger partial charge is 0.436 e. The molecule has 8 heteroatoms. The molecule has 0 saturated heterocycles. The highest BCUT2D eigenvalue weighted by Gasteiger charge is 2.37. The van der Waals surface area contributed by atoms with E-state index in [1.807, 2.05) is 0 Å². The molecule has 2 rings (SSSR count). The molecular weight excluding hydrogens is 297 g/mol. The summed E-state index contributed by atoms with van der Waals surface area (Å²) in [7, 11) is 0. The van der Waals surface area contributed by atoms with Crippen molar-refractivity contribution in [2.75, 3.05) is 0 Å². The fourth-order valence-corrected chi connectivity index (χ4v) is 2.68. The van der Waals surface area contributed by atoms with Gasteiger partial charge in [-0.05, 0) is 12.8 Å². The number of nitrogens with one attached hydrogen (secondary N) is 1. The van der Waals surface area contributed by atoms with Crippen LogP contribution in [0.4, 0.5) is 13.2 Å². The van der Waals surface area contributed by atoms with Crippen molar-refractivity contribution in [3.63, 3.8) is 0 Å². The van der Waals surface area contributed by atoms with Gasteiger partial charge in [-0.2, -0.15) is 18.4 Å². The maximum Gasteiger partial charge on any atom is 0.436 e. The third-order valence-electron chi connectivity index (χ3n) is 3.75. The van der Waals surface area contributed by atoms with Crippen LogP contribution in [-0.4, -0.2) is 21.5 Å². The Bertz CT molecular complexity index is 566. The second kappa shape index (κ2) is 6.81. The van der Waals surface area contributed by atoms with Crippen molar-refractivity contribution in [1.29, 1.82) is 5.26 Å². The fraction of sp³-hybridized carbons (Fsp3) is 0.643. The maximum atomic E-state index is 12.7. The van der Waals surface area contributed by atoms with Crippen molar-refractivity contribution in [1.82, 2.24) is 14.9 Å². The summed E-state index contributed by atoms with van der Waals surface area (Å²) in [5.74, 6) is -0.394. The first-order valence-electron chi connectivity index (χ1n) is 7.23. The molecule has 120 valence electrons. The molecule has 1 N–H and O–H groups in total. The maximum absolute atomic E-state index is 12.7. The summed E-state index contributed by atoms with van der Waals surface area (Å²) in [6.07, 6.45) is 2.31. The standard InChI is InChI=1S/C14H17F3N4O/c15-14(16,17)13-11(7-18)21(9-19-13)8-12(22)20-10-5-3-1-2-4-6-10/h9-10H,1-6,8H2,(H,20,22). The van der Waals surface area contributed by atoms with Gasteiger partial charge in [-0.15, -0.1) is 0 Å². The minimum absolute atomic E-state index is 0.0612. The van der Waals surface area contributed by atoms with E-state index in [1.54, 1.807) is 0 Å². The number of aromatic nitrogens is 2. The minimum atomic E-state index is -4.70. The highest BCUT2D eigenvalue weighted by molar-refractivity contribution is 5.76. The SMILES string of the molecule is N#Cc1c(C(F)(F)F)ncn1CC(=O)NC1CCCCCC1. The van der Waals surface area contributed by atoms with Gasteiger partial charge in [-0.1, -0.05) is 25.7 Å². The monoisotopic (exact) mass is 314 g/mol. The fourth-order valence-electron chi connectivity index (χ4n) is 2.68. The summed E-state index contributed by atoms with van der Waals surface area (Å²) in [4.78, 5) is 15.2. The molecule has 0 atom stereocenters. The number of hydrogen-bond acceptors (Lipinski definition) is 3. The van der Waals surface area contributed by atoms with Crippen molar-refractivity contribution >= 4 is 5.91 Å². The Morgan fingerprint density at radius 1 is 1.36 bits per heavy atom. The van der Waals surface area contributed by atoms with Crippen molar-refractivity contribution in [3.05, 3.63) is 17.7 Å². The van der Waals surface area contributed by atoms with Crippen molar-refractivity contribution in [3.8, 4) is 6.07 Å². The third-order valence-corrected chi connectivity index (χ3v) is 3.75. The number of hydrogen-bond donors (Lipinski definition) is 1. The Labute approximate surface area is 126 Å². The molecule has 0 unspecified atom stereocenters. The first kappa shape index (κ1) is 16.3. The molecule has 0 radical (unpaired) electrons. The van der Waals surface area contributed by atoms with E-state index in [0.717, 1.165) is 49.4 Å². The van der Waals surface area contributed by atoms with Gasteiger partial charge < -0.3 is 9.88 Å². The van der Waals surface area contributed by atoms with Crippen LogP contribution in [0.5, 0.6) is 0 Å². The predicted octanol–water partition coefficient (Wildman–Crippen LogP) is 2.61. The van der Waals surface area contributed by atoms with Gasteiger partial charge in [-0.3, -0.25) is 4.79 Å². The van der Waals surface area contributed by atoms with E-state index in [9.17, 15) is 18.0 Å². The summed E-state index contributed by atoms with van der Waals surface area (Å²) >= 11 is 0. The Hall–Kier alpha value is -2.04. The number of carbonyl (C=O) groups excluding carboxylic acids is 1. The molecule has 0 bridgehead atoms. The van der Waals surface area contributed by atoms with E-state index in [4.69, 9.17) is 5.26 Å². The summed E-state index contributed by atoms with van der Waals surface area (Å²) in [6, 6.07) is 1.53. The van der Waals surface area contributed by atoms with Crippen LogP contribution in [0.3, 0.4) is 0 Å². The van der Waals surface area contributed by atoms with Crippen LogP contribution in [0.1, 0.15) is 49.9 Å². The Morgan fingerprint density at radius 2 is 2.00 bits per heavy atom. The van der Waals surface area contributed by atoms with Gasteiger partial charge in [0.1, 0.15) is 12.6 Å². The van der Waals surface area contributed by atoms with E-state index < -0.39 is 23.5 Å². The molecule has 1 aliphatic rings. The Balaban J connectivity index is 2.03. The van der Waals surface area contributed by atoms with Gasteiger partial charge in [0.2, 0.25) is 5.91 Å². The summed E-state index contributed by atoms with van der Waals surface area (Å²) < 4.78 is 39.0. The molecule has 22 heavy (non-hydrogen) atoms. The Morgan fingerprint density at radius 3 is 2.55 bits per heavy atom. The quantitative estimate of drug-likeness (QED) is 0.872.